The fraction of sp³-hybridized carbons (Fsp3) is 0.576. The second-order valence-electron chi connectivity index (χ2n) is 15.1. The number of rotatable bonds is 6. The summed E-state index contributed by atoms with van der Waals surface area (Å²) in [5.74, 6) is 4.22. The van der Waals surface area contributed by atoms with Gasteiger partial charge in [-0.15, -0.1) is 0 Å². The van der Waals surface area contributed by atoms with Crippen LogP contribution in [0.25, 0.3) is 0 Å². The lowest BCUT2D eigenvalue weighted by Crippen LogP contribution is -3.07. The van der Waals surface area contributed by atoms with Gasteiger partial charge < -0.3 is 10.2 Å². The van der Waals surface area contributed by atoms with Gasteiger partial charge in [0.25, 0.3) is 11.8 Å². The summed E-state index contributed by atoms with van der Waals surface area (Å²) < 4.78 is 2.01. The number of carbonyl (C=O) groups excluding carboxylic acids is 5. The van der Waals surface area contributed by atoms with Crippen molar-refractivity contribution in [3.8, 4) is 0 Å². The van der Waals surface area contributed by atoms with E-state index in [1.165, 1.54) is 0 Å². The number of aromatic nitrogens is 2. The molecule has 0 radical (unpaired) electrons. The van der Waals surface area contributed by atoms with E-state index in [9.17, 15) is 24.0 Å². The first kappa shape index (κ1) is 25.3. The number of piperidine rings is 2. The number of nitrogens with one attached hydrogen (secondary N) is 2. The van der Waals surface area contributed by atoms with Crippen LogP contribution in [0.4, 0.5) is 5.69 Å². The maximum absolute atomic E-state index is 13.9. The van der Waals surface area contributed by atoms with Crippen LogP contribution in [0.3, 0.4) is 0 Å². The highest BCUT2D eigenvalue weighted by molar-refractivity contribution is 6.25. The molecule has 5 amide bonds. The Hall–Kier alpha value is -4.02. The first-order chi connectivity index (χ1) is 21.1. The Balaban J connectivity index is 0.815. The minimum Gasteiger partial charge on any atom is -0.380 e. The van der Waals surface area contributed by atoms with Crippen LogP contribution in [0.15, 0.2) is 30.6 Å². The summed E-state index contributed by atoms with van der Waals surface area (Å²) in [4.78, 5) is 67.7. The molecular weight excluding hydrogens is 560 g/mol. The lowest BCUT2D eigenvalue weighted by Gasteiger charge is -3.06. The monoisotopic (exact) mass is 594 g/mol. The predicted octanol–water partition coefficient (Wildman–Crippen LogP) is 2.21. The van der Waals surface area contributed by atoms with Gasteiger partial charge in [-0.1, -0.05) is 6.07 Å². The van der Waals surface area contributed by atoms with Crippen LogP contribution in [0, 0.1) is 46.8 Å². The molecule has 226 valence electrons. The van der Waals surface area contributed by atoms with Crippen LogP contribution in [0.2, 0.25) is 0 Å². The third kappa shape index (κ3) is 2.61. The molecule has 0 bridgehead atoms. The van der Waals surface area contributed by atoms with Gasteiger partial charge in [0.15, 0.2) is 0 Å². The van der Waals surface area contributed by atoms with E-state index < -0.39 is 29.7 Å². The SMILES string of the molecule is CC1(C)C[C@@H](n2cc(CNc3cccc4c3C(=O)N(C3CCC(=O)NC3=O)C4=O)cn2)CCN1C(=O)C12C3C4C5C3C1C5C42. The zero-order valence-corrected chi connectivity index (χ0v) is 24.7. The quantitative estimate of drug-likeness (QED) is 0.490. The topological polar surface area (TPSA) is 134 Å². The molecule has 2 aromatic rings. The molecule has 3 aliphatic heterocycles. The third-order valence-corrected chi connectivity index (χ3v) is 13.2. The van der Waals surface area contributed by atoms with Crippen LogP contribution < -0.4 is 10.6 Å². The van der Waals surface area contributed by atoms with Crippen LogP contribution in [-0.2, 0) is 20.9 Å². The summed E-state index contributed by atoms with van der Waals surface area (Å²) >= 11 is 0. The maximum atomic E-state index is 13.9. The van der Waals surface area contributed by atoms with Gasteiger partial charge in [-0.05, 0) is 86.7 Å². The van der Waals surface area contributed by atoms with Gasteiger partial charge >= 0.3 is 0 Å². The summed E-state index contributed by atoms with van der Waals surface area (Å²) in [5.41, 5.74) is 1.74. The molecule has 6 saturated carbocycles. The normalized spacial score (nSPS) is 41.0. The average molecular weight is 595 g/mol. The summed E-state index contributed by atoms with van der Waals surface area (Å²) in [6.07, 6.45) is 5.76. The number of hydrogen-bond acceptors (Lipinski definition) is 7. The van der Waals surface area contributed by atoms with Crippen molar-refractivity contribution in [1.82, 2.24) is 24.9 Å². The Bertz CT molecular complexity index is 1710. The minimum absolute atomic E-state index is 0.0336. The van der Waals surface area contributed by atoms with E-state index in [1.807, 2.05) is 17.1 Å². The smallest absolute Gasteiger partial charge is 0.264 e. The number of fused-ring (bicyclic) bond motifs is 1. The van der Waals surface area contributed by atoms with Gasteiger partial charge in [0.1, 0.15) is 6.04 Å². The molecule has 2 saturated heterocycles. The molecule has 1 aromatic heterocycles. The largest absolute Gasteiger partial charge is 0.380 e. The van der Waals surface area contributed by atoms with Gasteiger partial charge in [0, 0.05) is 42.5 Å². The van der Waals surface area contributed by atoms with E-state index in [2.05, 4.69) is 34.5 Å². The number of benzene rings is 1. The van der Waals surface area contributed by atoms with Gasteiger partial charge in [0.2, 0.25) is 17.7 Å². The van der Waals surface area contributed by atoms with Crippen molar-refractivity contribution in [3.63, 3.8) is 0 Å². The number of hydrogen-bond donors (Lipinski definition) is 2. The van der Waals surface area contributed by atoms with Crippen molar-refractivity contribution in [3.05, 3.63) is 47.3 Å². The lowest BCUT2D eigenvalue weighted by atomic mass is 8.96. The summed E-state index contributed by atoms with van der Waals surface area (Å²) in [6.45, 7) is 5.57. The zero-order chi connectivity index (χ0) is 30.0. The molecule has 9 aliphatic rings. The molecule has 6 aliphatic carbocycles. The number of imide groups is 2. The Morgan fingerprint density at radius 2 is 1.77 bits per heavy atom. The number of nitrogens with zero attached hydrogens (tertiary/aromatic N) is 4. The Kier molecular flexibility index (Phi) is 4.48. The molecule has 2 atom stereocenters. The first-order valence-electron chi connectivity index (χ1n) is 16.1. The average Bonchev–Trinajstić information content (AvgIpc) is 3.58. The molecular formula is C33H34N6O5. The van der Waals surface area contributed by atoms with Crippen LogP contribution in [0.5, 0.6) is 0 Å². The molecule has 11 rings (SSSR count). The molecule has 0 spiro atoms. The number of amides is 5. The molecule has 44 heavy (non-hydrogen) atoms. The molecule has 2 N–H and O–H groups in total. The van der Waals surface area contributed by atoms with Gasteiger partial charge in [0.05, 0.1) is 28.8 Å². The fourth-order valence-corrected chi connectivity index (χ4v) is 11.6. The van der Waals surface area contributed by atoms with Crippen molar-refractivity contribution in [1.29, 1.82) is 0 Å². The number of carbonyl (C=O) groups is 5. The van der Waals surface area contributed by atoms with E-state index >= 15 is 0 Å². The zero-order valence-electron chi connectivity index (χ0n) is 24.7. The molecule has 1 unspecified atom stereocenters. The third-order valence-electron chi connectivity index (χ3n) is 13.2. The van der Waals surface area contributed by atoms with Crippen LogP contribution >= 0.6 is 0 Å². The number of likely N-dealkylation sites (tertiary alicyclic amines) is 1. The second kappa shape index (κ2) is 7.79. The molecule has 11 heteroatoms. The summed E-state index contributed by atoms with van der Waals surface area (Å²) in [7, 11) is 0. The molecule has 8 fully saturated rings. The van der Waals surface area contributed by atoms with Crippen molar-refractivity contribution in [2.75, 3.05) is 11.9 Å². The van der Waals surface area contributed by atoms with Crippen molar-refractivity contribution >= 4 is 35.2 Å². The summed E-state index contributed by atoms with van der Waals surface area (Å²) in [5, 5.41) is 10.2. The second-order valence-corrected chi connectivity index (χ2v) is 15.1. The Morgan fingerprint density at radius 3 is 2.48 bits per heavy atom. The Labute approximate surface area is 253 Å². The highest BCUT2D eigenvalue weighted by Crippen LogP contribution is 3.06. The highest BCUT2D eigenvalue weighted by Gasteiger charge is 3.06. The molecule has 1 aromatic carbocycles. The van der Waals surface area contributed by atoms with E-state index in [0.29, 0.717) is 18.1 Å². The van der Waals surface area contributed by atoms with E-state index in [0.717, 1.165) is 71.3 Å². The van der Waals surface area contributed by atoms with Gasteiger partial charge in [-0.2, -0.15) is 5.10 Å². The fourth-order valence-electron chi connectivity index (χ4n) is 11.6. The Morgan fingerprint density at radius 1 is 1.02 bits per heavy atom. The van der Waals surface area contributed by atoms with Crippen LogP contribution in [0.1, 0.15) is 71.9 Å². The van der Waals surface area contributed by atoms with E-state index in [4.69, 9.17) is 0 Å². The van der Waals surface area contributed by atoms with E-state index in [1.54, 1.807) is 18.2 Å². The van der Waals surface area contributed by atoms with E-state index in [-0.39, 0.29) is 41.0 Å². The van der Waals surface area contributed by atoms with Crippen molar-refractivity contribution < 1.29 is 24.0 Å². The molecule has 11 nitrogen and oxygen atoms in total. The molecule has 4 heterocycles. The summed E-state index contributed by atoms with van der Waals surface area (Å²) in [6, 6.07) is 4.24. The lowest BCUT2D eigenvalue weighted by molar-refractivity contribution is -0.597. The highest BCUT2D eigenvalue weighted by atomic mass is 16.2. The standard InChI is InChI=1S/C33H34N6O5/c1-32(2)10-15(8-9-37(32)31(44)33-25-22-21-23(25)27(33)24(21)26(22)33)38-13-14(12-35-38)11-34-17-5-3-4-16-20(17)30(43)39(29(16)42)18-6-7-19(40)36-28(18)41/h3-5,12-13,15,18,21-27,34H,6-11H2,1-2H3,(H,36,40,41)/t15-,18?,21?,22?,23?,24?,25?,26?,27?,33?/m0/s1. The van der Waals surface area contributed by atoms with Crippen molar-refractivity contribution in [2.45, 2.75) is 63.7 Å². The minimum atomic E-state index is -1.00. The van der Waals surface area contributed by atoms with Crippen molar-refractivity contribution in [2.24, 2.45) is 46.8 Å². The van der Waals surface area contributed by atoms with Gasteiger partial charge in [-0.25, -0.2) is 0 Å². The predicted molar refractivity (Wildman–Crippen MR) is 154 cm³/mol. The first-order valence-corrected chi connectivity index (χ1v) is 16.1. The number of anilines is 1. The van der Waals surface area contributed by atoms with Gasteiger partial charge in [-0.3, -0.25) is 38.9 Å². The maximum Gasteiger partial charge on any atom is 0.264 e. The van der Waals surface area contributed by atoms with Crippen LogP contribution in [-0.4, -0.2) is 67.2 Å².